The maximum absolute atomic E-state index is 13.8. The standard InChI is InChI=1S/C27H26F2N4O3S/c1-5-7-16-8-9-17(14-19(16)23(28)29)32-25(35)27(3,4)33(26(32)37)18-10-11-21-20(15-18)24(36-13-12-34)31-22(6-2)30-21/h8-11,14-15,23,34H,6,12-13H2,1-4H3. The van der Waals surface area contributed by atoms with E-state index in [0.29, 0.717) is 34.7 Å². The van der Waals surface area contributed by atoms with E-state index >= 15 is 0 Å². The fourth-order valence-corrected chi connectivity index (χ4v) is 4.78. The molecule has 1 aliphatic heterocycles. The Morgan fingerprint density at radius 2 is 1.89 bits per heavy atom. The van der Waals surface area contributed by atoms with Crippen molar-refractivity contribution < 1.29 is 23.4 Å². The van der Waals surface area contributed by atoms with Crippen LogP contribution in [0.4, 0.5) is 20.2 Å². The summed E-state index contributed by atoms with van der Waals surface area (Å²) in [5, 5.41) is 9.97. The Kier molecular flexibility index (Phi) is 7.39. The predicted molar refractivity (Wildman–Crippen MR) is 142 cm³/mol. The lowest BCUT2D eigenvalue weighted by molar-refractivity contribution is -0.120. The van der Waals surface area contributed by atoms with Crippen LogP contribution in [-0.2, 0) is 11.2 Å². The van der Waals surface area contributed by atoms with Gasteiger partial charge in [0.05, 0.1) is 23.2 Å². The molecule has 37 heavy (non-hydrogen) atoms. The lowest BCUT2D eigenvalue weighted by Crippen LogP contribution is -2.44. The van der Waals surface area contributed by atoms with Crippen LogP contribution in [0.2, 0.25) is 0 Å². The Morgan fingerprint density at radius 1 is 1.16 bits per heavy atom. The third kappa shape index (κ3) is 4.72. The van der Waals surface area contributed by atoms with Crippen LogP contribution in [0.1, 0.15) is 51.1 Å². The van der Waals surface area contributed by atoms with Crippen LogP contribution in [0.3, 0.4) is 0 Å². The minimum atomic E-state index is -2.77. The molecule has 1 N–H and O–H groups in total. The molecule has 0 unspecified atom stereocenters. The normalized spacial score (nSPS) is 14.9. The van der Waals surface area contributed by atoms with Crippen LogP contribution >= 0.6 is 12.2 Å². The van der Waals surface area contributed by atoms with E-state index in [1.54, 1.807) is 49.9 Å². The molecule has 1 aliphatic rings. The number of halogens is 2. The maximum Gasteiger partial charge on any atom is 0.265 e. The zero-order valence-electron chi connectivity index (χ0n) is 20.9. The van der Waals surface area contributed by atoms with Crippen molar-refractivity contribution in [1.82, 2.24) is 9.97 Å². The number of amides is 1. The molecule has 2 aromatic carbocycles. The fourth-order valence-electron chi connectivity index (χ4n) is 4.26. The van der Waals surface area contributed by atoms with E-state index in [2.05, 4.69) is 21.8 Å². The minimum Gasteiger partial charge on any atom is -0.475 e. The molecule has 1 saturated heterocycles. The largest absolute Gasteiger partial charge is 0.475 e. The highest BCUT2D eigenvalue weighted by Gasteiger charge is 2.50. The summed E-state index contributed by atoms with van der Waals surface area (Å²) in [5.74, 6) is 5.86. The number of alkyl halides is 2. The fraction of sp³-hybridized carbons (Fsp3) is 0.333. The molecule has 0 bridgehead atoms. The number of rotatable bonds is 7. The first kappa shape index (κ1) is 26.4. The summed E-state index contributed by atoms with van der Waals surface area (Å²) in [6, 6.07) is 9.65. The van der Waals surface area contributed by atoms with E-state index in [-0.39, 0.29) is 41.0 Å². The number of fused-ring (bicyclic) bond motifs is 1. The van der Waals surface area contributed by atoms with E-state index < -0.39 is 12.0 Å². The van der Waals surface area contributed by atoms with E-state index in [9.17, 15) is 18.7 Å². The monoisotopic (exact) mass is 524 g/mol. The minimum absolute atomic E-state index is 0.0598. The van der Waals surface area contributed by atoms with Gasteiger partial charge in [-0.25, -0.2) is 13.8 Å². The van der Waals surface area contributed by atoms with Gasteiger partial charge >= 0.3 is 0 Å². The highest BCUT2D eigenvalue weighted by molar-refractivity contribution is 7.81. The SMILES string of the molecule is CC#Cc1ccc(N2C(=O)C(C)(C)N(c3ccc4nc(CC)nc(OCCO)c4c3)C2=S)cc1C(F)F. The van der Waals surface area contributed by atoms with Crippen LogP contribution in [0.5, 0.6) is 5.88 Å². The van der Waals surface area contributed by atoms with Crippen molar-refractivity contribution >= 4 is 45.5 Å². The molecule has 0 radical (unpaired) electrons. The summed E-state index contributed by atoms with van der Waals surface area (Å²) in [7, 11) is 0. The number of aromatic nitrogens is 2. The predicted octanol–water partition coefficient (Wildman–Crippen LogP) is 4.79. The van der Waals surface area contributed by atoms with Crippen molar-refractivity contribution in [1.29, 1.82) is 0 Å². The van der Waals surface area contributed by atoms with Crippen LogP contribution in [-0.4, -0.2) is 44.8 Å². The molecule has 2 heterocycles. The second-order valence-electron chi connectivity index (χ2n) is 8.84. The summed E-state index contributed by atoms with van der Waals surface area (Å²) in [4.78, 5) is 25.5. The number of aliphatic hydroxyl groups is 1. The van der Waals surface area contributed by atoms with E-state index in [1.165, 1.54) is 17.0 Å². The maximum atomic E-state index is 13.8. The van der Waals surface area contributed by atoms with Gasteiger partial charge in [0.15, 0.2) is 5.11 Å². The summed E-state index contributed by atoms with van der Waals surface area (Å²) in [5.41, 5.74) is 0.288. The molecule has 0 atom stereocenters. The van der Waals surface area contributed by atoms with Gasteiger partial charge in [-0.3, -0.25) is 9.69 Å². The molecular weight excluding hydrogens is 498 g/mol. The molecule has 7 nitrogen and oxygen atoms in total. The molecule has 0 spiro atoms. The molecule has 1 fully saturated rings. The van der Waals surface area contributed by atoms with E-state index in [0.717, 1.165) is 0 Å². The van der Waals surface area contributed by atoms with Crippen molar-refractivity contribution in [3.05, 3.63) is 53.3 Å². The van der Waals surface area contributed by atoms with Gasteiger partial charge in [-0.05, 0) is 69.4 Å². The van der Waals surface area contributed by atoms with Gasteiger partial charge in [0.1, 0.15) is 18.0 Å². The van der Waals surface area contributed by atoms with Crippen LogP contribution in [0.25, 0.3) is 10.9 Å². The zero-order chi connectivity index (χ0) is 26.9. The number of ether oxygens (including phenoxy) is 1. The van der Waals surface area contributed by atoms with Crippen molar-refractivity contribution in [2.24, 2.45) is 0 Å². The van der Waals surface area contributed by atoms with Gasteiger partial charge < -0.3 is 14.7 Å². The number of anilines is 2. The smallest absolute Gasteiger partial charge is 0.265 e. The first-order valence-electron chi connectivity index (χ1n) is 11.7. The second kappa shape index (κ2) is 10.4. The second-order valence-corrected chi connectivity index (χ2v) is 9.20. The summed E-state index contributed by atoms with van der Waals surface area (Å²) >= 11 is 5.73. The Balaban J connectivity index is 1.81. The molecule has 3 aromatic rings. The van der Waals surface area contributed by atoms with Gasteiger partial charge in [0, 0.05) is 23.2 Å². The highest BCUT2D eigenvalue weighted by Crippen LogP contribution is 2.39. The van der Waals surface area contributed by atoms with E-state index in [4.69, 9.17) is 17.0 Å². The van der Waals surface area contributed by atoms with Gasteiger partial charge in [0.2, 0.25) is 5.88 Å². The molecule has 0 saturated carbocycles. The summed E-state index contributed by atoms with van der Waals surface area (Å²) in [6.45, 7) is 6.82. The number of aliphatic hydroxyl groups excluding tert-OH is 1. The van der Waals surface area contributed by atoms with Crippen LogP contribution < -0.4 is 14.5 Å². The molecule has 10 heteroatoms. The highest BCUT2D eigenvalue weighted by atomic mass is 32.1. The molecule has 192 valence electrons. The van der Waals surface area contributed by atoms with Gasteiger partial charge in [-0.15, -0.1) is 5.92 Å². The molecular formula is C27H26F2N4O3S. The first-order valence-corrected chi connectivity index (χ1v) is 12.1. The number of benzene rings is 2. The third-order valence-electron chi connectivity index (χ3n) is 6.05. The van der Waals surface area contributed by atoms with Gasteiger partial charge in [-0.1, -0.05) is 12.8 Å². The van der Waals surface area contributed by atoms with Crippen molar-refractivity contribution in [2.45, 2.75) is 46.1 Å². The Bertz CT molecular complexity index is 1450. The summed E-state index contributed by atoms with van der Waals surface area (Å²) < 4.78 is 33.2. The zero-order valence-corrected chi connectivity index (χ0v) is 21.7. The number of nitrogens with zero attached hydrogens (tertiary/aromatic N) is 4. The van der Waals surface area contributed by atoms with Crippen molar-refractivity contribution in [3.8, 4) is 17.7 Å². The number of carbonyl (C=O) groups is 1. The van der Waals surface area contributed by atoms with Crippen LogP contribution in [0.15, 0.2) is 36.4 Å². The number of hydrogen-bond acceptors (Lipinski definition) is 6. The Hall–Kier alpha value is -3.68. The average Bonchev–Trinajstić information content (AvgIpc) is 3.05. The first-order chi connectivity index (χ1) is 17.6. The number of carbonyl (C=O) groups excluding carboxylic acids is 1. The Labute approximate surface area is 219 Å². The lowest BCUT2D eigenvalue weighted by Gasteiger charge is -2.29. The summed E-state index contributed by atoms with van der Waals surface area (Å²) in [6.07, 6.45) is -2.17. The molecule has 4 rings (SSSR count). The lowest BCUT2D eigenvalue weighted by atomic mass is 10.0. The quantitative estimate of drug-likeness (QED) is 0.352. The van der Waals surface area contributed by atoms with Crippen LogP contribution in [0, 0.1) is 11.8 Å². The number of hydrogen-bond donors (Lipinski definition) is 1. The topological polar surface area (TPSA) is 78.8 Å². The third-order valence-corrected chi connectivity index (χ3v) is 6.42. The molecule has 1 amide bonds. The van der Waals surface area contributed by atoms with Gasteiger partial charge in [0.25, 0.3) is 12.3 Å². The van der Waals surface area contributed by atoms with Crippen molar-refractivity contribution in [2.75, 3.05) is 23.0 Å². The van der Waals surface area contributed by atoms with E-state index in [1.807, 2.05) is 6.92 Å². The molecule has 0 aliphatic carbocycles. The molecule has 1 aromatic heterocycles. The number of thiocarbonyl (C=S) groups is 1. The number of aryl methyl sites for hydroxylation is 1. The Morgan fingerprint density at radius 3 is 2.54 bits per heavy atom. The van der Waals surface area contributed by atoms with Gasteiger partial charge in [-0.2, -0.15) is 4.98 Å². The average molecular weight is 525 g/mol. The van der Waals surface area contributed by atoms with Crippen molar-refractivity contribution in [3.63, 3.8) is 0 Å².